The molecule has 1 aliphatic carbocycles. The van der Waals surface area contributed by atoms with Crippen molar-refractivity contribution >= 4 is 65.3 Å². The van der Waals surface area contributed by atoms with Crippen LogP contribution in [0.25, 0.3) is 0 Å². The van der Waals surface area contributed by atoms with Gasteiger partial charge in [-0.3, -0.25) is 48.1 Å². The maximum Gasteiger partial charge on any atom is 0.323 e. The van der Waals surface area contributed by atoms with Crippen LogP contribution in [0.1, 0.15) is 321 Å². The number of esters is 9. The van der Waals surface area contributed by atoms with Crippen LogP contribution in [-0.2, 0) is 111 Å². The highest BCUT2D eigenvalue weighted by molar-refractivity contribution is 6.30. The number of unbranched alkanes of at least 4 members (excludes halogenated alkanes) is 2. The molecular weight excluding hydrogens is 1650 g/mol. The Morgan fingerprint density at radius 1 is 0.402 bits per heavy atom. The molecule has 1 saturated heterocycles. The lowest BCUT2D eigenvalue weighted by atomic mass is 9.85. The molecule has 24 heteroatoms. The normalized spacial score (nSPS) is 14.1. The summed E-state index contributed by atoms with van der Waals surface area (Å²) in [5.41, 5.74) is 3.52. The average molecular weight is 1810 g/mol. The highest BCUT2D eigenvalue weighted by atomic mass is 35.5. The highest BCUT2D eigenvalue weighted by Gasteiger charge is 2.31. The number of halogens is 4. The number of carbonyl (C=O) groups is 9. The summed E-state index contributed by atoms with van der Waals surface area (Å²) in [7, 11) is 0. The van der Waals surface area contributed by atoms with Crippen LogP contribution in [0, 0.1) is 58.9 Å². The third-order valence-electron chi connectivity index (χ3n) is 20.7. The van der Waals surface area contributed by atoms with E-state index in [-0.39, 0.29) is 119 Å². The van der Waals surface area contributed by atoms with E-state index in [9.17, 15) is 56.3 Å². The molecule has 8 atom stereocenters. The second kappa shape index (κ2) is 82.5. The molecule has 127 heavy (non-hydrogen) atoms. The van der Waals surface area contributed by atoms with Gasteiger partial charge in [-0.2, -0.15) is 0 Å². The first kappa shape index (κ1) is 123. The van der Waals surface area contributed by atoms with E-state index in [1.54, 1.807) is 57.2 Å². The molecule has 0 spiro atoms. The largest absolute Gasteiger partial charge is 0.466 e. The first-order valence-electron chi connectivity index (χ1n) is 48.0. The van der Waals surface area contributed by atoms with Crippen molar-refractivity contribution in [2.45, 2.75) is 337 Å². The smallest absolute Gasteiger partial charge is 0.323 e. The van der Waals surface area contributed by atoms with Gasteiger partial charge in [-0.1, -0.05) is 226 Å². The van der Waals surface area contributed by atoms with E-state index in [2.05, 4.69) is 44.8 Å². The van der Waals surface area contributed by atoms with E-state index in [1.165, 1.54) is 62.4 Å². The van der Waals surface area contributed by atoms with Gasteiger partial charge in [-0.15, -0.1) is 0 Å². The summed E-state index contributed by atoms with van der Waals surface area (Å²) in [6.07, 6.45) is 27.5. The van der Waals surface area contributed by atoms with Crippen LogP contribution in [0.2, 0.25) is 5.02 Å². The quantitative estimate of drug-likeness (QED) is 0.0245. The van der Waals surface area contributed by atoms with Gasteiger partial charge in [0.05, 0.1) is 95.0 Å². The maximum atomic E-state index is 13.5. The molecular formula is C103H168ClF3N2O18. The fraction of sp³-hybridized carbons (Fsp3) is 0.680. The molecule has 4 aromatic rings. The number of nitrogens with zero attached hydrogens (tertiary/aromatic N) is 1. The highest BCUT2D eigenvalue weighted by Crippen LogP contribution is 2.29. The fourth-order valence-electron chi connectivity index (χ4n) is 14.2. The third kappa shape index (κ3) is 62.1. The molecule has 1 unspecified atom stereocenters. The number of rotatable bonds is 47. The third-order valence-corrected chi connectivity index (χ3v) is 21.0. The summed E-state index contributed by atoms with van der Waals surface area (Å²) in [5, 5.41) is 3.96. The zero-order chi connectivity index (χ0) is 96.0. The van der Waals surface area contributed by atoms with Gasteiger partial charge < -0.3 is 47.9 Å². The van der Waals surface area contributed by atoms with Crippen molar-refractivity contribution in [3.05, 3.63) is 142 Å². The van der Waals surface area contributed by atoms with Crippen molar-refractivity contribution in [3.63, 3.8) is 0 Å². The van der Waals surface area contributed by atoms with E-state index in [0.717, 1.165) is 170 Å². The van der Waals surface area contributed by atoms with Gasteiger partial charge in [0.15, 0.2) is 0 Å². The van der Waals surface area contributed by atoms with Crippen molar-refractivity contribution in [1.82, 2.24) is 10.2 Å². The predicted molar refractivity (Wildman–Crippen MR) is 505 cm³/mol. The van der Waals surface area contributed by atoms with E-state index in [0.29, 0.717) is 96.6 Å². The topological polar surface area (TPSA) is 252 Å². The average Bonchev–Trinajstić information content (AvgIpc) is 1.62. The standard InChI is InChI=1S/C14H19ClO2.3C14H19FO2.C13H25NO2.C9H17NO2.C9H18O2.2C8H16O2/c1-3-5-12(14(16)17-4-2)10-11-6-8-13(15)9-7-11;1-3-7-12(14(16)17-4-2)10-11-8-5-6-9-13(11)15;1-3-6-12(14(16)17-4-2)9-11-7-5-8-13(15)10-11;1-3-5-12(14(16)17-4-2)10-11-6-8-13(15)9-7-11;1-3-14-12(13(15)16-4-2)10-11-8-6-5-7-9-11;1-3-10-7-5-6-8(10)9(11)12-4-2;1-4-7-8(5-2)9(10)11-6-3;1-4-6-7(3)8(9)10-5-2;1-3-5-6-7-8(9)10-4-2/h6-9,12H,3-5,10H2,1-2H3;5-6,8-9,12H,3-4,7,10H2,1-2H3;5,7-8,10,12H,3-4,6,9H2,1-2H3;6-9,12H,3-5,10H2,1-2H3;11-12,14H,3-10H2,1-2H3;8H,3-7H2,1-2H3;8H,4-7H2,1-3H3;7H,4-6H2,1-3H3;3-7H2,1-2H3/t5*12-;8-;;7-;/m000011.0./s1. The molecule has 0 bridgehead atoms. The Morgan fingerprint density at radius 2 is 0.819 bits per heavy atom. The van der Waals surface area contributed by atoms with Crippen molar-refractivity contribution in [3.8, 4) is 0 Å². The Balaban J connectivity index is -0.00000137. The van der Waals surface area contributed by atoms with Crippen LogP contribution < -0.4 is 5.32 Å². The first-order chi connectivity index (χ1) is 61.0. The molecule has 4 aromatic carbocycles. The van der Waals surface area contributed by atoms with Gasteiger partial charge in [0.25, 0.3) is 0 Å². The lowest BCUT2D eigenvalue weighted by molar-refractivity contribution is -0.149. The van der Waals surface area contributed by atoms with Gasteiger partial charge in [-0.05, 0) is 249 Å². The number of benzene rings is 4. The molecule has 726 valence electrons. The maximum absolute atomic E-state index is 13.5. The van der Waals surface area contributed by atoms with E-state index >= 15 is 0 Å². The first-order valence-corrected chi connectivity index (χ1v) is 48.4. The van der Waals surface area contributed by atoms with E-state index < -0.39 is 0 Å². The molecule has 1 N–H and O–H groups in total. The molecule has 6 rings (SSSR count). The second-order valence-corrected chi connectivity index (χ2v) is 31.7. The minimum absolute atomic E-state index is 0.0307. The Labute approximate surface area is 769 Å². The monoisotopic (exact) mass is 1810 g/mol. The number of ether oxygens (including phenoxy) is 9. The summed E-state index contributed by atoms with van der Waals surface area (Å²) in [6.45, 7) is 45.8. The molecule has 2 aliphatic rings. The summed E-state index contributed by atoms with van der Waals surface area (Å²) in [4.78, 5) is 105. The molecule has 2 fully saturated rings. The van der Waals surface area contributed by atoms with Gasteiger partial charge in [0.1, 0.15) is 29.5 Å². The lowest BCUT2D eigenvalue weighted by Gasteiger charge is -2.25. The Kier molecular flexibility index (Phi) is 80.1. The van der Waals surface area contributed by atoms with Crippen molar-refractivity contribution in [2.24, 2.45) is 41.4 Å². The second-order valence-electron chi connectivity index (χ2n) is 31.2. The van der Waals surface area contributed by atoms with E-state index in [4.69, 9.17) is 54.2 Å². The zero-order valence-electron chi connectivity index (χ0n) is 81.7. The van der Waals surface area contributed by atoms with E-state index in [1.807, 2.05) is 113 Å². The molecule has 0 aromatic heterocycles. The molecule has 0 amide bonds. The number of likely N-dealkylation sites (tertiary alicyclic amines) is 1. The van der Waals surface area contributed by atoms with Gasteiger partial charge in [0.2, 0.25) is 0 Å². The van der Waals surface area contributed by atoms with Crippen LogP contribution in [-0.4, -0.2) is 150 Å². The number of hydrogen-bond donors (Lipinski definition) is 1. The van der Waals surface area contributed by atoms with Gasteiger partial charge in [0, 0.05) is 11.4 Å². The summed E-state index contributed by atoms with van der Waals surface area (Å²) in [6, 6.07) is 26.8. The van der Waals surface area contributed by atoms with Crippen molar-refractivity contribution in [1.29, 1.82) is 0 Å². The Hall–Kier alpha value is -7.89. The van der Waals surface area contributed by atoms with Crippen LogP contribution in [0.4, 0.5) is 13.2 Å². The molecule has 1 heterocycles. The summed E-state index contributed by atoms with van der Waals surface area (Å²) >= 11 is 5.83. The zero-order valence-corrected chi connectivity index (χ0v) is 82.5. The van der Waals surface area contributed by atoms with Gasteiger partial charge >= 0.3 is 53.7 Å². The molecule has 1 saturated carbocycles. The van der Waals surface area contributed by atoms with Crippen molar-refractivity contribution in [2.75, 3.05) is 79.1 Å². The lowest BCUT2D eigenvalue weighted by Crippen LogP contribution is -2.39. The van der Waals surface area contributed by atoms with Crippen LogP contribution in [0.15, 0.2) is 97.1 Å². The summed E-state index contributed by atoms with van der Waals surface area (Å²) < 4.78 is 84.0. The van der Waals surface area contributed by atoms with Gasteiger partial charge in [-0.25, -0.2) is 13.2 Å². The van der Waals surface area contributed by atoms with Crippen molar-refractivity contribution < 1.29 is 99.0 Å². The Bertz CT molecular complexity index is 3370. The predicted octanol–water partition coefficient (Wildman–Crippen LogP) is 23.9. The Morgan fingerprint density at radius 3 is 1.24 bits per heavy atom. The van der Waals surface area contributed by atoms with Crippen LogP contribution >= 0.6 is 11.6 Å². The van der Waals surface area contributed by atoms with Crippen LogP contribution in [0.3, 0.4) is 0 Å². The molecule has 1 aliphatic heterocycles. The molecule has 20 nitrogen and oxygen atoms in total. The SMILES string of the molecule is CCCC(CC)C(=O)OCC.CCCCCC(=O)OCC.CCC[C@@H](Cc1ccc(Cl)cc1)C(=O)OCC.CCC[C@@H](Cc1ccc(F)cc1)C(=O)OCC.CCC[C@@H](Cc1cccc(F)c1)C(=O)OCC.CCC[C@@H](Cc1ccccc1F)C(=O)OCC.CCC[C@H](C)C(=O)OCC.CCN[C@H](CC1CCCCC1)C(=O)OCC.CCOC(=O)[C@H]1CCCN1CC. The molecule has 0 radical (unpaired) electrons. The number of nitrogens with one attached hydrogen (secondary N) is 1. The number of carbonyl (C=O) groups excluding carboxylic acids is 9. The number of hydrogen-bond acceptors (Lipinski definition) is 20. The minimum Gasteiger partial charge on any atom is -0.466 e. The number of likely N-dealkylation sites (N-methyl/N-ethyl adjacent to an activating group) is 2. The fourth-order valence-corrected chi connectivity index (χ4v) is 14.4. The van der Waals surface area contributed by atoms with Crippen LogP contribution in [0.5, 0.6) is 0 Å². The minimum atomic E-state index is -0.262. The summed E-state index contributed by atoms with van der Waals surface area (Å²) in [5.74, 6) is -1.35.